The van der Waals surface area contributed by atoms with E-state index in [1.54, 1.807) is 6.08 Å². The van der Waals surface area contributed by atoms with Crippen LogP contribution in [0.1, 0.15) is 39.5 Å². The summed E-state index contributed by atoms with van der Waals surface area (Å²) in [5.41, 5.74) is 0. The van der Waals surface area contributed by atoms with Crippen molar-refractivity contribution in [3.63, 3.8) is 0 Å². The number of anilines is 3. The lowest BCUT2D eigenvalue weighted by atomic mass is 9.92. The molecule has 2 aliphatic rings. The molecule has 0 aliphatic carbocycles. The van der Waals surface area contributed by atoms with Gasteiger partial charge in [-0.3, -0.25) is 0 Å². The Morgan fingerprint density at radius 3 is 2.41 bits per heavy atom. The molecule has 7 heteroatoms. The van der Waals surface area contributed by atoms with Crippen molar-refractivity contribution in [3.05, 3.63) is 18.7 Å². The fraction of sp³-hybridized carbons (Fsp3) is 0.650. The van der Waals surface area contributed by atoms with Crippen LogP contribution in [0, 0.1) is 11.8 Å². The average Bonchev–Trinajstić information content (AvgIpc) is 2.66. The molecule has 2 saturated heterocycles. The molecule has 0 amide bonds. The van der Waals surface area contributed by atoms with Gasteiger partial charge in [-0.2, -0.15) is 9.97 Å². The highest BCUT2D eigenvalue weighted by molar-refractivity contribution is 7.80. The van der Waals surface area contributed by atoms with Gasteiger partial charge in [-0.05, 0) is 49.7 Å². The van der Waals surface area contributed by atoms with Gasteiger partial charge in [0.05, 0.1) is 0 Å². The first kappa shape index (κ1) is 19.9. The Balaban J connectivity index is 1.85. The zero-order valence-electron chi connectivity index (χ0n) is 16.6. The molecule has 148 valence electrons. The molecular formula is C20H32N6S. The second kappa shape index (κ2) is 9.35. The highest BCUT2D eigenvalue weighted by atomic mass is 32.1. The lowest BCUT2D eigenvalue weighted by molar-refractivity contribution is 0.355. The van der Waals surface area contributed by atoms with Crippen LogP contribution >= 0.6 is 12.2 Å². The third kappa shape index (κ3) is 5.54. The molecule has 2 fully saturated rings. The average molecular weight is 389 g/mol. The molecule has 1 aromatic heterocycles. The molecular weight excluding hydrogens is 356 g/mol. The Bertz CT molecular complexity index is 648. The summed E-state index contributed by atoms with van der Waals surface area (Å²) in [7, 11) is 0. The molecule has 2 atom stereocenters. The highest BCUT2D eigenvalue weighted by Gasteiger charge is 2.24. The normalized spacial score (nSPS) is 23.0. The van der Waals surface area contributed by atoms with Crippen molar-refractivity contribution in [2.24, 2.45) is 11.8 Å². The summed E-state index contributed by atoms with van der Waals surface area (Å²) in [4.78, 5) is 14.3. The summed E-state index contributed by atoms with van der Waals surface area (Å²) in [6.07, 6.45) is 6.80. The number of nitrogens with zero attached hydrogens (tertiary/aromatic N) is 4. The smallest absolute Gasteiger partial charge is 0.232 e. The molecule has 0 saturated carbocycles. The van der Waals surface area contributed by atoms with Gasteiger partial charge >= 0.3 is 0 Å². The van der Waals surface area contributed by atoms with E-state index in [0.717, 1.165) is 37.8 Å². The number of rotatable bonds is 5. The number of thiocarbonyl (C=S) groups is 1. The first-order valence-corrected chi connectivity index (χ1v) is 10.5. The van der Waals surface area contributed by atoms with Crippen LogP contribution in [0.4, 0.5) is 17.6 Å². The van der Waals surface area contributed by atoms with Crippen LogP contribution in [0.5, 0.6) is 0 Å². The predicted molar refractivity (Wildman–Crippen MR) is 118 cm³/mol. The van der Waals surface area contributed by atoms with Crippen molar-refractivity contribution < 1.29 is 0 Å². The summed E-state index contributed by atoms with van der Waals surface area (Å²) >= 11 is 5.36. The molecule has 27 heavy (non-hydrogen) atoms. The van der Waals surface area contributed by atoms with Crippen LogP contribution in [0.2, 0.25) is 0 Å². The quantitative estimate of drug-likeness (QED) is 0.592. The summed E-state index contributed by atoms with van der Waals surface area (Å²) in [6.45, 7) is 13.2. The molecule has 2 N–H and O–H groups in total. The summed E-state index contributed by atoms with van der Waals surface area (Å²) in [5, 5.41) is 6.77. The van der Waals surface area contributed by atoms with Gasteiger partial charge in [0.25, 0.3) is 0 Å². The third-order valence-electron chi connectivity index (χ3n) is 5.20. The monoisotopic (exact) mass is 388 g/mol. The molecule has 0 radical (unpaired) electrons. The van der Waals surface area contributed by atoms with Crippen molar-refractivity contribution >= 4 is 34.9 Å². The Kier molecular flexibility index (Phi) is 6.88. The van der Waals surface area contributed by atoms with E-state index in [4.69, 9.17) is 22.2 Å². The summed E-state index contributed by atoms with van der Waals surface area (Å²) in [5.74, 6) is 3.92. The Labute approximate surface area is 168 Å². The minimum Gasteiger partial charge on any atom is -0.359 e. The maximum atomic E-state index is 5.36. The zero-order valence-corrected chi connectivity index (χ0v) is 17.4. The zero-order chi connectivity index (χ0) is 19.2. The Morgan fingerprint density at radius 1 is 1.15 bits per heavy atom. The van der Waals surface area contributed by atoms with E-state index in [1.165, 1.54) is 25.7 Å². The second-order valence-corrected chi connectivity index (χ2v) is 8.34. The molecule has 3 rings (SSSR count). The van der Waals surface area contributed by atoms with Crippen LogP contribution in [-0.4, -0.2) is 47.8 Å². The molecule has 0 aromatic carbocycles. The van der Waals surface area contributed by atoms with E-state index in [9.17, 15) is 0 Å². The third-order valence-corrected chi connectivity index (χ3v) is 5.45. The molecule has 2 aliphatic heterocycles. The van der Waals surface area contributed by atoms with Gasteiger partial charge in [-0.25, -0.2) is 0 Å². The maximum Gasteiger partial charge on any atom is 0.232 e. The van der Waals surface area contributed by atoms with Crippen molar-refractivity contribution in [2.75, 3.05) is 47.8 Å². The van der Waals surface area contributed by atoms with Crippen molar-refractivity contribution in [1.82, 2.24) is 15.3 Å². The first-order valence-electron chi connectivity index (χ1n) is 10.1. The van der Waals surface area contributed by atoms with Crippen LogP contribution in [0.25, 0.3) is 0 Å². The summed E-state index contributed by atoms with van der Waals surface area (Å²) < 4.78 is 0. The van der Waals surface area contributed by atoms with E-state index in [-0.39, 0.29) is 0 Å². The fourth-order valence-corrected chi connectivity index (χ4v) is 4.26. The van der Waals surface area contributed by atoms with E-state index in [0.29, 0.717) is 29.4 Å². The van der Waals surface area contributed by atoms with Crippen molar-refractivity contribution in [3.8, 4) is 0 Å². The predicted octanol–water partition coefficient (Wildman–Crippen LogP) is 3.42. The van der Waals surface area contributed by atoms with Crippen LogP contribution in [-0.2, 0) is 0 Å². The van der Waals surface area contributed by atoms with E-state index in [2.05, 4.69) is 46.9 Å². The molecule has 0 unspecified atom stereocenters. The minimum absolute atomic E-state index is 0.525. The molecule has 0 bridgehead atoms. The van der Waals surface area contributed by atoms with E-state index >= 15 is 0 Å². The van der Waals surface area contributed by atoms with Gasteiger partial charge in [0.15, 0.2) is 5.11 Å². The van der Waals surface area contributed by atoms with Gasteiger partial charge in [0, 0.05) is 38.8 Å². The van der Waals surface area contributed by atoms with Crippen molar-refractivity contribution in [1.29, 1.82) is 0 Å². The van der Waals surface area contributed by atoms with Crippen LogP contribution < -0.4 is 20.4 Å². The lowest BCUT2D eigenvalue weighted by Crippen LogP contribution is -2.40. The van der Waals surface area contributed by atoms with Gasteiger partial charge in [0.1, 0.15) is 11.6 Å². The lowest BCUT2D eigenvalue weighted by Gasteiger charge is -2.36. The minimum atomic E-state index is 0.525. The second-order valence-electron chi connectivity index (χ2n) is 7.93. The molecule has 0 spiro atoms. The van der Waals surface area contributed by atoms with Gasteiger partial charge in [-0.1, -0.05) is 19.9 Å². The molecule has 3 heterocycles. The molecule has 6 nitrogen and oxygen atoms in total. The number of nitrogens with one attached hydrogen (secondary N) is 2. The van der Waals surface area contributed by atoms with Crippen LogP contribution in [0.3, 0.4) is 0 Å². The Hall–Kier alpha value is -1.89. The number of aromatic nitrogens is 2. The van der Waals surface area contributed by atoms with Gasteiger partial charge in [0.2, 0.25) is 5.95 Å². The largest absolute Gasteiger partial charge is 0.359 e. The van der Waals surface area contributed by atoms with Crippen molar-refractivity contribution in [2.45, 2.75) is 39.5 Å². The highest BCUT2D eigenvalue weighted by Crippen LogP contribution is 2.29. The van der Waals surface area contributed by atoms with E-state index < -0.39 is 0 Å². The van der Waals surface area contributed by atoms with Gasteiger partial charge < -0.3 is 20.4 Å². The van der Waals surface area contributed by atoms with E-state index in [1.807, 2.05) is 0 Å². The van der Waals surface area contributed by atoms with Crippen LogP contribution in [0.15, 0.2) is 18.7 Å². The fourth-order valence-electron chi connectivity index (χ4n) is 4.09. The first-order chi connectivity index (χ1) is 13.0. The SMILES string of the molecule is C=CCNC(=S)Nc1nc(N2CCCCC2)cc(N2C[C@H](C)C[C@H](C)C2)n1. The summed E-state index contributed by atoms with van der Waals surface area (Å²) in [6, 6.07) is 2.15. The number of hydrogen-bond donors (Lipinski definition) is 2. The number of piperidine rings is 2. The number of hydrogen-bond acceptors (Lipinski definition) is 5. The Morgan fingerprint density at radius 2 is 1.78 bits per heavy atom. The topological polar surface area (TPSA) is 56.3 Å². The standard InChI is InChI=1S/C20H32N6S/c1-4-8-21-20(27)24-19-22-17(25-9-6-5-7-10-25)12-18(23-19)26-13-15(2)11-16(3)14-26/h4,12,15-16H,1,5-11,13-14H2,2-3H3,(H2,21,22,23,24,27)/t15-,16+. The van der Waals surface area contributed by atoms with Gasteiger partial charge in [-0.15, -0.1) is 6.58 Å². The maximum absolute atomic E-state index is 5.36. The molecule has 1 aromatic rings.